The van der Waals surface area contributed by atoms with Crippen LogP contribution < -0.4 is 10.6 Å². The van der Waals surface area contributed by atoms with E-state index in [4.69, 9.17) is 4.52 Å². The average molecular weight is 375 g/mol. The number of carbonyl (C=O) groups is 2. The number of nitrogens with zero attached hydrogens (tertiary/aromatic N) is 1. The van der Waals surface area contributed by atoms with Gasteiger partial charge >= 0.3 is 0 Å². The third-order valence-electron chi connectivity index (χ3n) is 3.90. The smallest absolute Gasteiger partial charge is 0.238 e. The van der Waals surface area contributed by atoms with Crippen LogP contribution >= 0.6 is 11.8 Å². The molecule has 0 fully saturated rings. The quantitative estimate of drug-likeness (QED) is 0.761. The van der Waals surface area contributed by atoms with E-state index in [2.05, 4.69) is 29.6 Å². The molecule has 0 radical (unpaired) electrons. The number of aromatic nitrogens is 1. The minimum atomic E-state index is -0.390. The highest BCUT2D eigenvalue weighted by molar-refractivity contribution is 8.01. The number of aryl methyl sites for hydroxylation is 2. The van der Waals surface area contributed by atoms with Gasteiger partial charge in [-0.1, -0.05) is 37.2 Å². The zero-order valence-corrected chi connectivity index (χ0v) is 16.6. The van der Waals surface area contributed by atoms with E-state index >= 15 is 0 Å². The number of carbonyl (C=O) groups excluding carboxylic acids is 2. The van der Waals surface area contributed by atoms with Gasteiger partial charge in [0.25, 0.3) is 0 Å². The normalized spacial score (nSPS) is 12.1. The third kappa shape index (κ3) is 5.36. The Kier molecular flexibility index (Phi) is 6.85. The van der Waals surface area contributed by atoms with Gasteiger partial charge in [-0.3, -0.25) is 9.59 Å². The predicted octanol–water partition coefficient (Wildman–Crippen LogP) is 4.11. The highest BCUT2D eigenvalue weighted by atomic mass is 32.2. The number of hydrogen-bond acceptors (Lipinski definition) is 5. The highest BCUT2D eigenvalue weighted by Gasteiger charge is 2.18. The van der Waals surface area contributed by atoms with Crippen molar-refractivity contribution in [2.24, 2.45) is 0 Å². The SMILES string of the molecule is Cc1cc(NC(=O)C(C)SCC(=O)Nc2c(C)cccc2C(C)C)no1. The third-order valence-corrected chi connectivity index (χ3v) is 5.05. The molecule has 0 aliphatic carbocycles. The molecule has 1 atom stereocenters. The molecule has 7 heteroatoms. The Balaban J connectivity index is 1.89. The number of hydrogen-bond donors (Lipinski definition) is 2. The summed E-state index contributed by atoms with van der Waals surface area (Å²) in [5.41, 5.74) is 3.00. The van der Waals surface area contributed by atoms with E-state index in [1.807, 2.05) is 25.1 Å². The first kappa shape index (κ1) is 20.0. The molecule has 0 saturated heterocycles. The van der Waals surface area contributed by atoms with Gasteiger partial charge in [-0.15, -0.1) is 11.8 Å². The summed E-state index contributed by atoms with van der Waals surface area (Å²) in [5.74, 6) is 1.18. The number of nitrogens with one attached hydrogen (secondary N) is 2. The van der Waals surface area contributed by atoms with Crippen molar-refractivity contribution in [2.75, 3.05) is 16.4 Å². The van der Waals surface area contributed by atoms with Crippen molar-refractivity contribution in [3.05, 3.63) is 41.2 Å². The summed E-state index contributed by atoms with van der Waals surface area (Å²) >= 11 is 1.28. The molecular weight excluding hydrogens is 350 g/mol. The Morgan fingerprint density at radius 3 is 2.54 bits per heavy atom. The lowest BCUT2D eigenvalue weighted by Gasteiger charge is -2.17. The summed E-state index contributed by atoms with van der Waals surface area (Å²) in [5, 5.41) is 9.00. The maximum atomic E-state index is 12.3. The monoisotopic (exact) mass is 375 g/mol. The van der Waals surface area contributed by atoms with Gasteiger partial charge in [0.15, 0.2) is 5.82 Å². The van der Waals surface area contributed by atoms with E-state index in [-0.39, 0.29) is 22.8 Å². The Hall–Kier alpha value is -2.28. The lowest BCUT2D eigenvalue weighted by Crippen LogP contribution is -2.25. The molecule has 140 valence electrons. The predicted molar refractivity (Wildman–Crippen MR) is 106 cm³/mol. The van der Waals surface area contributed by atoms with Crippen molar-refractivity contribution in [2.45, 2.75) is 45.8 Å². The standard InChI is InChI=1S/C19H25N3O3S/c1-11(2)15-8-6-7-12(3)18(15)21-17(23)10-26-14(5)19(24)20-16-9-13(4)25-22-16/h6-9,11,14H,10H2,1-5H3,(H,21,23)(H,20,22,24). The topological polar surface area (TPSA) is 84.2 Å². The molecule has 0 aliphatic rings. The molecule has 2 aromatic rings. The molecule has 2 amide bonds. The molecule has 0 bridgehead atoms. The van der Waals surface area contributed by atoms with Gasteiger partial charge in [0, 0.05) is 11.8 Å². The molecular formula is C19H25N3O3S. The summed E-state index contributed by atoms with van der Waals surface area (Å²) in [6.45, 7) is 9.68. The highest BCUT2D eigenvalue weighted by Crippen LogP contribution is 2.27. The van der Waals surface area contributed by atoms with Crippen LogP contribution in [0.1, 0.15) is 43.6 Å². The molecule has 2 N–H and O–H groups in total. The Morgan fingerprint density at radius 2 is 1.92 bits per heavy atom. The van der Waals surface area contributed by atoms with Crippen molar-refractivity contribution in [1.82, 2.24) is 5.16 Å². The van der Waals surface area contributed by atoms with Crippen LogP contribution in [0.25, 0.3) is 0 Å². The van der Waals surface area contributed by atoms with Crippen LogP contribution in [0, 0.1) is 13.8 Å². The zero-order valence-electron chi connectivity index (χ0n) is 15.8. The van der Waals surface area contributed by atoms with Gasteiger partial charge in [0.05, 0.1) is 11.0 Å². The summed E-state index contributed by atoms with van der Waals surface area (Å²) < 4.78 is 4.92. The minimum absolute atomic E-state index is 0.122. The van der Waals surface area contributed by atoms with Gasteiger partial charge in [0.2, 0.25) is 11.8 Å². The maximum absolute atomic E-state index is 12.3. The number of benzene rings is 1. The van der Waals surface area contributed by atoms with Gasteiger partial charge in [-0.25, -0.2) is 0 Å². The summed E-state index contributed by atoms with van der Waals surface area (Å²) in [7, 11) is 0. The van der Waals surface area contributed by atoms with Crippen molar-refractivity contribution in [1.29, 1.82) is 0 Å². The van der Waals surface area contributed by atoms with Crippen molar-refractivity contribution in [3.8, 4) is 0 Å². The summed E-state index contributed by atoms with van der Waals surface area (Å²) in [4.78, 5) is 24.5. The second-order valence-corrected chi connectivity index (χ2v) is 7.84. The molecule has 0 spiro atoms. The van der Waals surface area contributed by atoms with E-state index in [9.17, 15) is 9.59 Å². The maximum Gasteiger partial charge on any atom is 0.238 e. The van der Waals surface area contributed by atoms with Crippen LogP contribution in [-0.2, 0) is 9.59 Å². The van der Waals surface area contributed by atoms with Gasteiger partial charge in [-0.2, -0.15) is 0 Å². The van der Waals surface area contributed by atoms with Crippen LogP contribution in [0.4, 0.5) is 11.5 Å². The zero-order chi connectivity index (χ0) is 19.3. The number of anilines is 2. The molecule has 0 aliphatic heterocycles. The molecule has 1 aromatic heterocycles. The first-order valence-corrected chi connectivity index (χ1v) is 9.58. The van der Waals surface area contributed by atoms with E-state index in [0.717, 1.165) is 16.8 Å². The second-order valence-electron chi connectivity index (χ2n) is 6.51. The molecule has 1 aromatic carbocycles. The van der Waals surface area contributed by atoms with Gasteiger partial charge in [0.1, 0.15) is 5.76 Å². The van der Waals surface area contributed by atoms with Crippen LogP contribution in [0.2, 0.25) is 0 Å². The summed E-state index contributed by atoms with van der Waals surface area (Å²) in [6.07, 6.45) is 0. The Morgan fingerprint density at radius 1 is 1.19 bits per heavy atom. The lowest BCUT2D eigenvalue weighted by atomic mass is 9.98. The molecule has 26 heavy (non-hydrogen) atoms. The Labute approximate surface area is 158 Å². The van der Waals surface area contributed by atoms with Crippen molar-refractivity contribution < 1.29 is 14.1 Å². The molecule has 1 heterocycles. The number of para-hydroxylation sites is 1. The average Bonchev–Trinajstić information content (AvgIpc) is 2.99. The number of thioether (sulfide) groups is 1. The van der Waals surface area contributed by atoms with E-state index in [1.54, 1.807) is 19.9 Å². The first-order chi connectivity index (χ1) is 12.3. The van der Waals surface area contributed by atoms with Crippen LogP contribution in [-0.4, -0.2) is 28.0 Å². The summed E-state index contributed by atoms with van der Waals surface area (Å²) in [6, 6.07) is 7.64. The molecule has 2 rings (SSSR count). The van der Waals surface area contributed by atoms with E-state index < -0.39 is 0 Å². The second kappa shape index (κ2) is 8.89. The fourth-order valence-electron chi connectivity index (χ4n) is 2.45. The van der Waals surface area contributed by atoms with Crippen LogP contribution in [0.5, 0.6) is 0 Å². The minimum Gasteiger partial charge on any atom is -0.360 e. The van der Waals surface area contributed by atoms with Gasteiger partial charge in [-0.05, 0) is 37.8 Å². The fourth-order valence-corrected chi connectivity index (χ4v) is 3.13. The molecule has 1 unspecified atom stereocenters. The molecule has 6 nitrogen and oxygen atoms in total. The van der Waals surface area contributed by atoms with Crippen LogP contribution in [0.15, 0.2) is 28.8 Å². The fraction of sp³-hybridized carbons (Fsp3) is 0.421. The van der Waals surface area contributed by atoms with Crippen molar-refractivity contribution >= 4 is 35.1 Å². The number of rotatable bonds is 7. The lowest BCUT2D eigenvalue weighted by molar-refractivity contribution is -0.115. The Bertz CT molecular complexity index is 786. The number of amides is 2. The first-order valence-electron chi connectivity index (χ1n) is 8.53. The van der Waals surface area contributed by atoms with E-state index in [0.29, 0.717) is 17.5 Å². The van der Waals surface area contributed by atoms with Crippen LogP contribution in [0.3, 0.4) is 0 Å². The molecule has 0 saturated carbocycles. The van der Waals surface area contributed by atoms with Gasteiger partial charge < -0.3 is 15.2 Å². The largest absolute Gasteiger partial charge is 0.360 e. The van der Waals surface area contributed by atoms with E-state index in [1.165, 1.54) is 11.8 Å². The van der Waals surface area contributed by atoms with Crippen molar-refractivity contribution in [3.63, 3.8) is 0 Å².